The van der Waals surface area contributed by atoms with Gasteiger partial charge in [-0.15, -0.1) is 6.58 Å². The quantitative estimate of drug-likeness (QED) is 0.795. The van der Waals surface area contributed by atoms with Crippen molar-refractivity contribution < 1.29 is 4.74 Å². The van der Waals surface area contributed by atoms with Crippen LogP contribution in [0.3, 0.4) is 0 Å². The molecule has 0 spiro atoms. The topological polar surface area (TPSA) is 34.1 Å². The molecule has 0 amide bonds. The van der Waals surface area contributed by atoms with Gasteiger partial charge in [0, 0.05) is 30.3 Å². The van der Waals surface area contributed by atoms with E-state index in [1.807, 2.05) is 19.9 Å². The third-order valence-corrected chi connectivity index (χ3v) is 2.76. The van der Waals surface area contributed by atoms with Crippen LogP contribution >= 0.6 is 0 Å². The Kier molecular flexibility index (Phi) is 5.55. The summed E-state index contributed by atoms with van der Waals surface area (Å²) < 4.78 is 5.61. The fourth-order valence-electron chi connectivity index (χ4n) is 1.52. The van der Waals surface area contributed by atoms with Crippen molar-refractivity contribution in [3.63, 3.8) is 0 Å². The second kappa shape index (κ2) is 6.71. The molecule has 1 aromatic rings. The molecule has 19 heavy (non-hydrogen) atoms. The molecule has 0 aliphatic heterocycles. The van der Waals surface area contributed by atoms with E-state index in [9.17, 15) is 0 Å². The van der Waals surface area contributed by atoms with Crippen molar-refractivity contribution in [3.05, 3.63) is 35.5 Å². The molecule has 0 radical (unpaired) electrons. The summed E-state index contributed by atoms with van der Waals surface area (Å²) in [6.07, 6.45) is 0.869. The van der Waals surface area contributed by atoms with E-state index in [0.29, 0.717) is 12.5 Å². The number of nitrogens with one attached hydrogen (secondary N) is 1. The smallest absolute Gasteiger partial charge is 0.213 e. The number of hydrogen-bond acceptors (Lipinski definition) is 3. The van der Waals surface area contributed by atoms with E-state index in [-0.39, 0.29) is 5.54 Å². The van der Waals surface area contributed by atoms with Gasteiger partial charge in [0.1, 0.15) is 0 Å². The fourth-order valence-corrected chi connectivity index (χ4v) is 1.52. The molecule has 1 N–H and O–H groups in total. The van der Waals surface area contributed by atoms with Crippen LogP contribution in [0.4, 0.5) is 0 Å². The molecule has 1 rings (SSSR count). The first kappa shape index (κ1) is 15.7. The largest absolute Gasteiger partial charge is 0.477 e. The van der Waals surface area contributed by atoms with Gasteiger partial charge in [0.05, 0.1) is 6.61 Å². The van der Waals surface area contributed by atoms with Crippen molar-refractivity contribution in [2.24, 2.45) is 0 Å². The molecule has 0 aliphatic rings. The van der Waals surface area contributed by atoms with Gasteiger partial charge in [-0.25, -0.2) is 4.98 Å². The summed E-state index contributed by atoms with van der Waals surface area (Å²) in [6, 6.07) is 4.02. The number of rotatable bonds is 6. The maximum Gasteiger partial charge on any atom is 0.213 e. The Labute approximate surface area is 117 Å². The van der Waals surface area contributed by atoms with Gasteiger partial charge in [-0.1, -0.05) is 11.6 Å². The van der Waals surface area contributed by atoms with Gasteiger partial charge in [0.2, 0.25) is 5.88 Å². The first-order chi connectivity index (χ1) is 8.78. The molecule has 0 atom stereocenters. The van der Waals surface area contributed by atoms with Crippen LogP contribution in [-0.2, 0) is 6.54 Å². The van der Waals surface area contributed by atoms with Crippen molar-refractivity contribution in [2.45, 2.75) is 53.1 Å². The third kappa shape index (κ3) is 6.39. The second-order valence-electron chi connectivity index (χ2n) is 6.05. The molecule has 0 saturated carbocycles. The Balaban J connectivity index is 2.56. The number of hydrogen-bond donors (Lipinski definition) is 1. The van der Waals surface area contributed by atoms with Crippen molar-refractivity contribution in [2.75, 3.05) is 6.61 Å². The minimum atomic E-state index is 0.114. The number of ether oxygens (including phenoxy) is 1. The Morgan fingerprint density at radius 3 is 2.58 bits per heavy atom. The average molecular weight is 262 g/mol. The fraction of sp³-hybridized carbons (Fsp3) is 0.562. The van der Waals surface area contributed by atoms with E-state index in [1.165, 1.54) is 5.56 Å². The molecule has 3 heteroatoms. The first-order valence-electron chi connectivity index (χ1n) is 6.76. The van der Waals surface area contributed by atoms with Gasteiger partial charge in [-0.05, 0) is 40.2 Å². The van der Waals surface area contributed by atoms with Crippen LogP contribution in [0.2, 0.25) is 0 Å². The lowest BCUT2D eigenvalue weighted by Gasteiger charge is -2.21. The van der Waals surface area contributed by atoms with E-state index in [0.717, 1.165) is 24.2 Å². The van der Waals surface area contributed by atoms with Crippen molar-refractivity contribution >= 4 is 0 Å². The van der Waals surface area contributed by atoms with E-state index < -0.39 is 0 Å². The number of aromatic nitrogens is 1. The normalized spacial score (nSPS) is 11.4. The third-order valence-electron chi connectivity index (χ3n) is 2.76. The zero-order valence-electron chi connectivity index (χ0n) is 12.8. The maximum atomic E-state index is 5.61. The maximum absolute atomic E-state index is 5.61. The summed E-state index contributed by atoms with van der Waals surface area (Å²) in [5, 5.41) is 3.46. The Morgan fingerprint density at radius 1 is 1.37 bits per heavy atom. The lowest BCUT2D eigenvalue weighted by molar-refractivity contribution is 0.308. The minimum Gasteiger partial charge on any atom is -0.477 e. The Hall–Kier alpha value is -1.35. The predicted octanol–water partition coefficient (Wildman–Crippen LogP) is 3.62. The van der Waals surface area contributed by atoms with Crippen LogP contribution in [0.15, 0.2) is 24.3 Å². The summed E-state index contributed by atoms with van der Waals surface area (Å²) in [5.74, 6) is 0.693. The highest BCUT2D eigenvalue weighted by Gasteiger charge is 2.10. The van der Waals surface area contributed by atoms with Crippen molar-refractivity contribution in [1.82, 2.24) is 10.3 Å². The summed E-state index contributed by atoms with van der Waals surface area (Å²) >= 11 is 0. The highest BCUT2D eigenvalue weighted by molar-refractivity contribution is 5.25. The summed E-state index contributed by atoms with van der Waals surface area (Å²) in [5.41, 5.74) is 3.47. The number of pyridine rings is 1. The van der Waals surface area contributed by atoms with E-state index >= 15 is 0 Å². The number of nitrogens with zero attached hydrogens (tertiary/aromatic N) is 1. The van der Waals surface area contributed by atoms with E-state index in [4.69, 9.17) is 4.74 Å². The molecule has 0 fully saturated rings. The molecule has 0 aliphatic carbocycles. The summed E-state index contributed by atoms with van der Waals surface area (Å²) in [7, 11) is 0. The average Bonchev–Trinajstić information content (AvgIpc) is 2.26. The highest BCUT2D eigenvalue weighted by atomic mass is 16.5. The summed E-state index contributed by atoms with van der Waals surface area (Å²) in [6.45, 7) is 15.8. The molecule has 1 heterocycles. The Bertz CT molecular complexity index is 433. The van der Waals surface area contributed by atoms with Crippen LogP contribution < -0.4 is 10.1 Å². The molecule has 0 saturated heterocycles. The zero-order chi connectivity index (χ0) is 14.5. The SMILES string of the molecule is C=C(C)CCOc1ccc(CNC(C)(C)C)c(C)n1. The zero-order valence-corrected chi connectivity index (χ0v) is 12.8. The van der Waals surface area contributed by atoms with E-state index in [1.54, 1.807) is 0 Å². The van der Waals surface area contributed by atoms with Gasteiger partial charge in [-0.2, -0.15) is 0 Å². The lowest BCUT2D eigenvalue weighted by Crippen LogP contribution is -2.35. The summed E-state index contributed by atoms with van der Waals surface area (Å²) in [4.78, 5) is 4.48. The van der Waals surface area contributed by atoms with Crippen LogP contribution in [0, 0.1) is 6.92 Å². The van der Waals surface area contributed by atoms with Gasteiger partial charge < -0.3 is 10.1 Å². The minimum absolute atomic E-state index is 0.114. The van der Waals surface area contributed by atoms with Gasteiger partial charge in [0.25, 0.3) is 0 Å². The van der Waals surface area contributed by atoms with Gasteiger partial charge >= 0.3 is 0 Å². The standard InChI is InChI=1S/C16H26N2O/c1-12(2)9-10-19-15-8-7-14(13(3)18-15)11-17-16(4,5)6/h7-8,17H,1,9-11H2,2-6H3. The van der Waals surface area contributed by atoms with Crippen molar-refractivity contribution in [3.8, 4) is 5.88 Å². The van der Waals surface area contributed by atoms with Crippen molar-refractivity contribution in [1.29, 1.82) is 0 Å². The molecule has 1 aromatic heterocycles. The molecular formula is C16H26N2O. The van der Waals surface area contributed by atoms with Crippen LogP contribution in [0.1, 0.15) is 45.4 Å². The van der Waals surface area contributed by atoms with Gasteiger partial charge in [0.15, 0.2) is 0 Å². The Morgan fingerprint density at radius 2 is 2.05 bits per heavy atom. The molecule has 3 nitrogen and oxygen atoms in total. The van der Waals surface area contributed by atoms with Crippen LogP contribution in [-0.4, -0.2) is 17.1 Å². The predicted molar refractivity (Wildman–Crippen MR) is 80.5 cm³/mol. The highest BCUT2D eigenvalue weighted by Crippen LogP contribution is 2.14. The van der Waals surface area contributed by atoms with Crippen LogP contribution in [0.25, 0.3) is 0 Å². The molecule has 0 unspecified atom stereocenters. The van der Waals surface area contributed by atoms with Crippen LogP contribution in [0.5, 0.6) is 5.88 Å². The second-order valence-corrected chi connectivity index (χ2v) is 6.05. The monoisotopic (exact) mass is 262 g/mol. The van der Waals surface area contributed by atoms with Gasteiger partial charge in [-0.3, -0.25) is 0 Å². The lowest BCUT2D eigenvalue weighted by atomic mass is 10.1. The molecule has 0 aromatic carbocycles. The molecular weight excluding hydrogens is 236 g/mol. The number of aryl methyl sites for hydroxylation is 1. The molecule has 0 bridgehead atoms. The molecule has 106 valence electrons. The first-order valence-corrected chi connectivity index (χ1v) is 6.76. The van der Waals surface area contributed by atoms with E-state index in [2.05, 4.69) is 43.7 Å².